The molecule has 0 bridgehead atoms. The Hall–Kier alpha value is -1.21. The van der Waals surface area contributed by atoms with Crippen LogP contribution in [0.2, 0.25) is 0 Å². The second-order valence-electron chi connectivity index (χ2n) is 4.97. The van der Waals surface area contributed by atoms with Crippen LogP contribution in [-0.4, -0.2) is 25.8 Å². The summed E-state index contributed by atoms with van der Waals surface area (Å²) < 4.78 is 26.2. The zero-order valence-electron chi connectivity index (χ0n) is 13.0. The van der Waals surface area contributed by atoms with Gasteiger partial charge in [0.05, 0.1) is 4.90 Å². The van der Waals surface area contributed by atoms with E-state index in [1.165, 1.54) is 9.87 Å². The van der Waals surface area contributed by atoms with Crippen LogP contribution >= 0.6 is 11.3 Å². The first kappa shape index (κ1) is 17.1. The molecule has 0 aliphatic heterocycles. The maximum atomic E-state index is 12.4. The van der Waals surface area contributed by atoms with E-state index in [4.69, 9.17) is 0 Å². The van der Waals surface area contributed by atoms with Gasteiger partial charge in [-0.2, -0.15) is 15.6 Å². The Kier molecular flexibility index (Phi) is 6.14. The third kappa shape index (κ3) is 4.16. The molecule has 0 spiro atoms. The maximum Gasteiger partial charge on any atom is 0.243 e. The number of nitrogens with zero attached hydrogens (tertiary/aromatic N) is 1. The van der Waals surface area contributed by atoms with E-state index in [-0.39, 0.29) is 0 Å². The lowest BCUT2D eigenvalue weighted by atomic mass is 10.2. The average molecular weight is 338 g/mol. The van der Waals surface area contributed by atoms with E-state index in [0.717, 1.165) is 18.7 Å². The van der Waals surface area contributed by atoms with Crippen molar-refractivity contribution in [2.24, 2.45) is 0 Å². The topological polar surface area (TPSA) is 49.4 Å². The third-order valence-electron chi connectivity index (χ3n) is 3.50. The molecule has 22 heavy (non-hydrogen) atoms. The molecule has 1 aromatic carbocycles. The number of thiophene rings is 1. The highest BCUT2D eigenvalue weighted by molar-refractivity contribution is 7.89. The molecule has 1 N–H and O–H groups in total. The van der Waals surface area contributed by atoms with E-state index in [9.17, 15) is 8.42 Å². The molecule has 0 atom stereocenters. The van der Waals surface area contributed by atoms with Gasteiger partial charge in [-0.05, 0) is 40.1 Å². The average Bonchev–Trinajstić information content (AvgIpc) is 3.02. The predicted molar refractivity (Wildman–Crippen MR) is 91.4 cm³/mol. The molecule has 0 unspecified atom stereocenters. The third-order valence-corrected chi connectivity index (χ3v) is 6.30. The molecule has 1 heterocycles. The lowest BCUT2D eigenvalue weighted by Gasteiger charge is -2.18. The minimum Gasteiger partial charge on any atom is -0.309 e. The normalized spacial score (nSPS) is 12.0. The highest BCUT2D eigenvalue weighted by Crippen LogP contribution is 2.16. The van der Waals surface area contributed by atoms with Crippen molar-refractivity contribution in [2.45, 2.75) is 31.8 Å². The van der Waals surface area contributed by atoms with Crippen LogP contribution in [0.4, 0.5) is 0 Å². The molecule has 0 fully saturated rings. The van der Waals surface area contributed by atoms with Crippen molar-refractivity contribution in [2.75, 3.05) is 13.1 Å². The number of sulfonamides is 1. The second-order valence-corrected chi connectivity index (χ2v) is 7.69. The Morgan fingerprint density at radius 3 is 2.18 bits per heavy atom. The van der Waals surface area contributed by atoms with Crippen LogP contribution < -0.4 is 5.32 Å². The number of benzene rings is 1. The van der Waals surface area contributed by atoms with E-state index in [2.05, 4.69) is 22.1 Å². The summed E-state index contributed by atoms with van der Waals surface area (Å²) in [7, 11) is -3.36. The van der Waals surface area contributed by atoms with Gasteiger partial charge in [0.25, 0.3) is 0 Å². The van der Waals surface area contributed by atoms with Gasteiger partial charge in [-0.25, -0.2) is 8.42 Å². The van der Waals surface area contributed by atoms with Crippen LogP contribution in [0.25, 0.3) is 0 Å². The number of hydrogen-bond donors (Lipinski definition) is 1. The molecule has 0 aliphatic carbocycles. The summed E-state index contributed by atoms with van der Waals surface area (Å²) in [6.45, 7) is 6.23. The van der Waals surface area contributed by atoms with Gasteiger partial charge in [-0.3, -0.25) is 0 Å². The van der Waals surface area contributed by atoms with Gasteiger partial charge in [0, 0.05) is 26.2 Å². The minimum absolute atomic E-state index is 0.359. The fraction of sp³-hybridized carbons (Fsp3) is 0.375. The van der Waals surface area contributed by atoms with Crippen LogP contribution in [0.15, 0.2) is 46.0 Å². The molecule has 2 aromatic rings. The molecule has 0 saturated heterocycles. The summed E-state index contributed by atoms with van der Waals surface area (Å²) in [5.41, 5.74) is 2.35. The second kappa shape index (κ2) is 7.87. The van der Waals surface area contributed by atoms with Crippen molar-refractivity contribution in [3.05, 3.63) is 52.2 Å². The zero-order valence-corrected chi connectivity index (χ0v) is 14.6. The molecule has 0 saturated carbocycles. The Labute approximate surface area is 136 Å². The Bertz CT molecular complexity index is 661. The predicted octanol–water partition coefficient (Wildman–Crippen LogP) is 3.07. The van der Waals surface area contributed by atoms with E-state index in [1.807, 2.05) is 26.0 Å². The van der Waals surface area contributed by atoms with Crippen LogP contribution in [0.3, 0.4) is 0 Å². The Morgan fingerprint density at radius 2 is 1.64 bits per heavy atom. The van der Waals surface area contributed by atoms with E-state index in [1.54, 1.807) is 23.5 Å². The minimum atomic E-state index is -3.36. The molecule has 0 aliphatic rings. The molecular formula is C16H22N2O2S2. The largest absolute Gasteiger partial charge is 0.309 e. The SMILES string of the molecule is CCN(CC)S(=O)(=O)c1ccc(CNCc2ccsc2)cc1. The van der Waals surface area contributed by atoms with Crippen molar-refractivity contribution in [1.82, 2.24) is 9.62 Å². The van der Waals surface area contributed by atoms with Crippen LogP contribution in [0.1, 0.15) is 25.0 Å². The van der Waals surface area contributed by atoms with Crippen molar-refractivity contribution >= 4 is 21.4 Å². The molecule has 2 rings (SSSR count). The first-order chi connectivity index (χ1) is 10.6. The van der Waals surface area contributed by atoms with E-state index >= 15 is 0 Å². The Morgan fingerprint density at radius 1 is 1.00 bits per heavy atom. The number of nitrogens with one attached hydrogen (secondary N) is 1. The van der Waals surface area contributed by atoms with E-state index in [0.29, 0.717) is 18.0 Å². The molecule has 6 heteroatoms. The lowest BCUT2D eigenvalue weighted by molar-refractivity contribution is 0.445. The summed E-state index contributed by atoms with van der Waals surface area (Å²) in [6, 6.07) is 9.22. The van der Waals surface area contributed by atoms with Gasteiger partial charge < -0.3 is 5.32 Å². The number of hydrogen-bond acceptors (Lipinski definition) is 4. The van der Waals surface area contributed by atoms with Crippen LogP contribution in [0.5, 0.6) is 0 Å². The molecular weight excluding hydrogens is 316 g/mol. The highest BCUT2D eigenvalue weighted by atomic mass is 32.2. The van der Waals surface area contributed by atoms with Gasteiger partial charge in [0.1, 0.15) is 0 Å². The van der Waals surface area contributed by atoms with Crippen molar-refractivity contribution in [1.29, 1.82) is 0 Å². The molecule has 4 nitrogen and oxygen atoms in total. The zero-order chi connectivity index (χ0) is 16.0. The standard InChI is InChI=1S/C16H22N2O2S2/c1-3-18(4-2)22(19,20)16-7-5-14(6-8-16)11-17-12-15-9-10-21-13-15/h5-10,13,17H,3-4,11-12H2,1-2H3. The van der Waals surface area contributed by atoms with Crippen molar-refractivity contribution in [3.63, 3.8) is 0 Å². The van der Waals surface area contributed by atoms with Crippen LogP contribution in [-0.2, 0) is 23.1 Å². The fourth-order valence-corrected chi connectivity index (χ4v) is 4.36. The summed E-state index contributed by atoms with van der Waals surface area (Å²) in [5, 5.41) is 7.53. The van der Waals surface area contributed by atoms with Gasteiger partial charge in [0.15, 0.2) is 0 Å². The quantitative estimate of drug-likeness (QED) is 0.805. The van der Waals surface area contributed by atoms with Crippen molar-refractivity contribution in [3.8, 4) is 0 Å². The monoisotopic (exact) mass is 338 g/mol. The molecule has 0 amide bonds. The van der Waals surface area contributed by atoms with E-state index < -0.39 is 10.0 Å². The summed E-state index contributed by atoms with van der Waals surface area (Å²) in [6.07, 6.45) is 0. The van der Waals surface area contributed by atoms with Gasteiger partial charge >= 0.3 is 0 Å². The van der Waals surface area contributed by atoms with Gasteiger partial charge in [0.2, 0.25) is 10.0 Å². The first-order valence-electron chi connectivity index (χ1n) is 7.38. The Balaban J connectivity index is 1.98. The smallest absolute Gasteiger partial charge is 0.243 e. The van der Waals surface area contributed by atoms with Gasteiger partial charge in [-0.15, -0.1) is 0 Å². The molecule has 1 aromatic heterocycles. The summed E-state index contributed by atoms with van der Waals surface area (Å²) in [5.74, 6) is 0. The van der Waals surface area contributed by atoms with Crippen molar-refractivity contribution < 1.29 is 8.42 Å². The molecule has 0 radical (unpaired) electrons. The number of rotatable bonds is 8. The first-order valence-corrected chi connectivity index (χ1v) is 9.77. The fourth-order valence-electron chi connectivity index (χ4n) is 2.24. The maximum absolute atomic E-state index is 12.4. The van der Waals surface area contributed by atoms with Gasteiger partial charge in [-0.1, -0.05) is 26.0 Å². The lowest BCUT2D eigenvalue weighted by Crippen LogP contribution is -2.30. The highest BCUT2D eigenvalue weighted by Gasteiger charge is 2.20. The van der Waals surface area contributed by atoms with Crippen LogP contribution in [0, 0.1) is 0 Å². The summed E-state index contributed by atoms with van der Waals surface area (Å²) >= 11 is 1.69. The molecule has 120 valence electrons. The summed E-state index contributed by atoms with van der Waals surface area (Å²) in [4.78, 5) is 0.359.